The van der Waals surface area contributed by atoms with Crippen LogP contribution in [0.15, 0.2) is 60.9 Å². The molecule has 1 aromatic heterocycles. The second-order valence-electron chi connectivity index (χ2n) is 6.92. The third-order valence-electron chi connectivity index (χ3n) is 5.25. The molecular weight excluding hydrogens is 338 g/mol. The third kappa shape index (κ3) is 3.21. The van der Waals surface area contributed by atoms with E-state index in [9.17, 15) is 4.79 Å². The summed E-state index contributed by atoms with van der Waals surface area (Å²) in [6.07, 6.45) is 6.13. The van der Waals surface area contributed by atoms with Gasteiger partial charge in [-0.1, -0.05) is 30.7 Å². The van der Waals surface area contributed by atoms with Gasteiger partial charge in [-0.3, -0.25) is 4.79 Å². The fourth-order valence-electron chi connectivity index (χ4n) is 3.46. The van der Waals surface area contributed by atoms with Crippen LogP contribution in [0.3, 0.4) is 0 Å². The molecule has 1 saturated carbocycles. The van der Waals surface area contributed by atoms with Gasteiger partial charge in [-0.25, -0.2) is 9.97 Å². The number of benzene rings is 2. The van der Waals surface area contributed by atoms with E-state index in [2.05, 4.69) is 15.3 Å². The Hall–Kier alpha value is -3.41. The van der Waals surface area contributed by atoms with Crippen LogP contribution < -0.4 is 16.8 Å². The van der Waals surface area contributed by atoms with Crippen molar-refractivity contribution >= 4 is 23.2 Å². The van der Waals surface area contributed by atoms with Crippen molar-refractivity contribution in [2.75, 3.05) is 16.8 Å². The molecule has 4 rings (SSSR count). The average molecular weight is 359 g/mol. The van der Waals surface area contributed by atoms with Gasteiger partial charge in [0.25, 0.3) is 0 Å². The molecule has 0 bridgehead atoms. The number of amides is 1. The number of aromatic nitrogens is 2. The van der Waals surface area contributed by atoms with Gasteiger partial charge in [-0.15, -0.1) is 0 Å². The Balaban J connectivity index is 1.57. The number of nitrogen functional groups attached to an aromatic ring is 2. The first-order chi connectivity index (χ1) is 13.1. The average Bonchev–Trinajstić information content (AvgIpc) is 2.64. The Morgan fingerprint density at radius 2 is 1.52 bits per heavy atom. The second kappa shape index (κ2) is 6.72. The summed E-state index contributed by atoms with van der Waals surface area (Å²) in [5, 5.41) is 3.03. The number of rotatable bonds is 4. The Labute approximate surface area is 157 Å². The van der Waals surface area contributed by atoms with E-state index in [1.165, 1.54) is 0 Å². The van der Waals surface area contributed by atoms with Crippen LogP contribution in [0, 0.1) is 0 Å². The fourth-order valence-corrected chi connectivity index (χ4v) is 3.46. The van der Waals surface area contributed by atoms with Gasteiger partial charge in [-0.05, 0) is 48.2 Å². The van der Waals surface area contributed by atoms with E-state index in [-0.39, 0.29) is 11.9 Å². The maximum atomic E-state index is 13.0. The van der Waals surface area contributed by atoms with Gasteiger partial charge in [-0.2, -0.15) is 0 Å². The van der Waals surface area contributed by atoms with Gasteiger partial charge in [0.15, 0.2) is 0 Å². The minimum absolute atomic E-state index is 0.0297. The minimum Gasteiger partial charge on any atom is -0.399 e. The van der Waals surface area contributed by atoms with Gasteiger partial charge >= 0.3 is 0 Å². The number of hydrogen-bond acceptors (Lipinski definition) is 5. The molecule has 5 N–H and O–H groups in total. The van der Waals surface area contributed by atoms with Crippen molar-refractivity contribution in [1.29, 1.82) is 0 Å². The molecule has 0 atom stereocenters. The van der Waals surface area contributed by atoms with E-state index >= 15 is 0 Å². The maximum Gasteiger partial charge on any atom is 0.235 e. The topological polar surface area (TPSA) is 107 Å². The minimum atomic E-state index is -0.475. The number of nitrogens with zero attached hydrogens (tertiary/aromatic N) is 2. The van der Waals surface area contributed by atoms with Crippen molar-refractivity contribution in [3.63, 3.8) is 0 Å². The molecule has 6 nitrogen and oxygen atoms in total. The SMILES string of the molecule is Nc1ccc(NC(=O)C2(c3ccc(-c4cnc(N)nc4)cc3)CCC2)cc1. The summed E-state index contributed by atoms with van der Waals surface area (Å²) in [4.78, 5) is 21.1. The zero-order chi connectivity index (χ0) is 18.9. The van der Waals surface area contributed by atoms with Crippen LogP contribution in [0.4, 0.5) is 17.3 Å². The summed E-state index contributed by atoms with van der Waals surface area (Å²) in [6.45, 7) is 0. The standard InChI is InChI=1S/C21H21N5O/c22-17-6-8-18(9-7-17)26-19(27)21(10-1-11-21)16-4-2-14(3-5-16)15-12-24-20(23)25-13-15/h2-9,12-13H,1,10-11,22H2,(H,26,27)(H2,23,24,25). The lowest BCUT2D eigenvalue weighted by atomic mass is 9.63. The van der Waals surface area contributed by atoms with Crippen LogP contribution in [0.2, 0.25) is 0 Å². The molecule has 136 valence electrons. The highest BCUT2D eigenvalue weighted by molar-refractivity contribution is 6.00. The lowest BCUT2D eigenvalue weighted by molar-refractivity contribution is -0.124. The number of nitrogens with two attached hydrogens (primary N) is 2. The molecule has 2 aromatic carbocycles. The lowest BCUT2D eigenvalue weighted by Gasteiger charge is -2.40. The van der Waals surface area contributed by atoms with Crippen molar-refractivity contribution in [2.24, 2.45) is 0 Å². The van der Waals surface area contributed by atoms with Gasteiger partial charge in [0.2, 0.25) is 11.9 Å². The Kier molecular flexibility index (Phi) is 4.24. The lowest BCUT2D eigenvalue weighted by Crippen LogP contribution is -2.46. The Bertz CT molecular complexity index is 945. The van der Waals surface area contributed by atoms with E-state index < -0.39 is 5.41 Å². The van der Waals surface area contributed by atoms with Gasteiger partial charge in [0.05, 0.1) is 5.41 Å². The Morgan fingerprint density at radius 3 is 2.07 bits per heavy atom. The third-order valence-corrected chi connectivity index (χ3v) is 5.25. The van der Waals surface area contributed by atoms with Crippen LogP contribution in [0.5, 0.6) is 0 Å². The molecular formula is C21H21N5O. The summed E-state index contributed by atoms with van der Waals surface area (Å²) in [6, 6.07) is 15.3. The first-order valence-corrected chi connectivity index (χ1v) is 8.92. The largest absolute Gasteiger partial charge is 0.399 e. The smallest absolute Gasteiger partial charge is 0.235 e. The number of carbonyl (C=O) groups excluding carboxylic acids is 1. The maximum absolute atomic E-state index is 13.0. The summed E-state index contributed by atoms with van der Waals surface area (Å²) in [7, 11) is 0. The van der Waals surface area contributed by atoms with E-state index in [0.29, 0.717) is 5.69 Å². The molecule has 0 radical (unpaired) electrons. The van der Waals surface area contributed by atoms with E-state index in [1.807, 2.05) is 36.4 Å². The molecule has 1 aliphatic carbocycles. The monoisotopic (exact) mass is 359 g/mol. The number of nitrogens with one attached hydrogen (secondary N) is 1. The molecule has 0 spiro atoms. The zero-order valence-corrected chi connectivity index (χ0v) is 14.9. The molecule has 1 fully saturated rings. The van der Waals surface area contributed by atoms with Crippen molar-refractivity contribution in [3.8, 4) is 11.1 Å². The molecule has 1 amide bonds. The van der Waals surface area contributed by atoms with Crippen molar-refractivity contribution < 1.29 is 4.79 Å². The Morgan fingerprint density at radius 1 is 0.889 bits per heavy atom. The second-order valence-corrected chi connectivity index (χ2v) is 6.92. The van der Waals surface area contributed by atoms with Crippen LogP contribution in [0.1, 0.15) is 24.8 Å². The van der Waals surface area contributed by atoms with Crippen molar-refractivity contribution in [3.05, 3.63) is 66.5 Å². The summed E-state index contributed by atoms with van der Waals surface area (Å²) < 4.78 is 0. The molecule has 27 heavy (non-hydrogen) atoms. The van der Waals surface area contributed by atoms with Crippen molar-refractivity contribution in [1.82, 2.24) is 9.97 Å². The van der Waals surface area contributed by atoms with E-state index in [1.54, 1.807) is 24.5 Å². The van der Waals surface area contributed by atoms with Crippen LogP contribution in [0.25, 0.3) is 11.1 Å². The van der Waals surface area contributed by atoms with Crippen LogP contribution in [-0.2, 0) is 10.2 Å². The first kappa shape index (κ1) is 17.0. The van der Waals surface area contributed by atoms with Crippen molar-refractivity contribution in [2.45, 2.75) is 24.7 Å². The quantitative estimate of drug-likeness (QED) is 0.619. The summed E-state index contributed by atoms with van der Waals surface area (Å²) in [5.41, 5.74) is 15.1. The number of hydrogen-bond donors (Lipinski definition) is 3. The van der Waals surface area contributed by atoms with Gasteiger partial charge < -0.3 is 16.8 Å². The normalized spacial score (nSPS) is 15.0. The molecule has 0 aliphatic heterocycles. The first-order valence-electron chi connectivity index (χ1n) is 8.92. The van der Waals surface area contributed by atoms with E-state index in [0.717, 1.165) is 41.6 Å². The molecule has 0 unspecified atom stereocenters. The highest BCUT2D eigenvalue weighted by atomic mass is 16.2. The molecule has 0 saturated heterocycles. The summed E-state index contributed by atoms with van der Waals surface area (Å²) in [5.74, 6) is 0.283. The van der Waals surface area contributed by atoms with Gasteiger partial charge in [0.1, 0.15) is 0 Å². The fraction of sp³-hybridized carbons (Fsp3) is 0.190. The van der Waals surface area contributed by atoms with E-state index in [4.69, 9.17) is 11.5 Å². The predicted molar refractivity (Wildman–Crippen MR) is 107 cm³/mol. The predicted octanol–water partition coefficient (Wildman–Crippen LogP) is 3.37. The highest BCUT2D eigenvalue weighted by Gasteiger charge is 2.45. The van der Waals surface area contributed by atoms with Crippen LogP contribution in [-0.4, -0.2) is 15.9 Å². The zero-order valence-electron chi connectivity index (χ0n) is 14.9. The summed E-state index contributed by atoms with van der Waals surface area (Å²) >= 11 is 0. The number of anilines is 3. The van der Waals surface area contributed by atoms with Gasteiger partial charge in [0, 0.05) is 29.3 Å². The molecule has 1 heterocycles. The molecule has 1 aliphatic rings. The highest BCUT2D eigenvalue weighted by Crippen LogP contribution is 2.45. The molecule has 3 aromatic rings. The molecule has 6 heteroatoms. The van der Waals surface area contributed by atoms with Crippen LogP contribution >= 0.6 is 0 Å². The number of carbonyl (C=O) groups is 1.